The van der Waals surface area contributed by atoms with Gasteiger partial charge in [-0.15, -0.1) is 0 Å². The first-order chi connectivity index (χ1) is 16.6. The second-order valence-corrected chi connectivity index (χ2v) is 11.0. The molecule has 2 fully saturated rings. The van der Waals surface area contributed by atoms with Crippen molar-refractivity contribution in [2.24, 2.45) is 0 Å². The summed E-state index contributed by atoms with van der Waals surface area (Å²) in [5.74, 6) is 0.396. The van der Waals surface area contributed by atoms with E-state index in [9.17, 15) is 9.59 Å². The van der Waals surface area contributed by atoms with Gasteiger partial charge in [-0.2, -0.15) is 5.10 Å². The zero-order valence-corrected chi connectivity index (χ0v) is 21.0. The Bertz CT molecular complexity index is 1010. The minimum Gasteiger partial charge on any atom is -0.351 e. The average molecular weight is 481 g/mol. The Balaban J connectivity index is 1.56. The molecule has 2 amide bonds. The zero-order valence-electron chi connectivity index (χ0n) is 20.2. The minimum absolute atomic E-state index is 0.0229. The number of thioether (sulfide) groups is 1. The molecular weight excluding hydrogens is 444 g/mol. The number of carbonyl (C=O) groups excluding carboxylic acids is 2. The molecule has 3 aliphatic rings. The van der Waals surface area contributed by atoms with Gasteiger partial charge < -0.3 is 10.2 Å². The number of benzene rings is 1. The summed E-state index contributed by atoms with van der Waals surface area (Å²) in [6, 6.07) is 9.74. The van der Waals surface area contributed by atoms with Crippen LogP contribution in [0.25, 0.3) is 5.69 Å². The molecule has 1 aromatic heterocycles. The molecule has 2 aromatic rings. The van der Waals surface area contributed by atoms with Crippen LogP contribution in [0.15, 0.2) is 35.4 Å². The first kappa shape index (κ1) is 23.5. The highest BCUT2D eigenvalue weighted by atomic mass is 32.2. The number of nitrogens with one attached hydrogen (secondary N) is 1. The Morgan fingerprint density at radius 3 is 2.32 bits per heavy atom. The van der Waals surface area contributed by atoms with Crippen LogP contribution in [0.3, 0.4) is 0 Å². The molecule has 2 heterocycles. The number of aromatic nitrogens is 2. The van der Waals surface area contributed by atoms with Crippen molar-refractivity contribution in [3.63, 3.8) is 0 Å². The molecule has 0 radical (unpaired) electrons. The Morgan fingerprint density at radius 1 is 0.971 bits per heavy atom. The van der Waals surface area contributed by atoms with Gasteiger partial charge in [0.15, 0.2) is 0 Å². The Labute approximate surface area is 206 Å². The van der Waals surface area contributed by atoms with E-state index in [1.165, 1.54) is 31.0 Å². The number of amides is 2. The van der Waals surface area contributed by atoms with Gasteiger partial charge in [-0.05, 0) is 44.7 Å². The Kier molecular flexibility index (Phi) is 7.28. The summed E-state index contributed by atoms with van der Waals surface area (Å²) in [5, 5.41) is 9.19. The van der Waals surface area contributed by atoms with Gasteiger partial charge in [-0.3, -0.25) is 9.59 Å². The van der Waals surface area contributed by atoms with Crippen molar-refractivity contribution in [2.45, 2.75) is 101 Å². The van der Waals surface area contributed by atoms with Gasteiger partial charge in [0.25, 0.3) is 0 Å². The van der Waals surface area contributed by atoms with Crippen LogP contribution in [0.5, 0.6) is 0 Å². The summed E-state index contributed by atoms with van der Waals surface area (Å²) in [4.78, 5) is 29.6. The van der Waals surface area contributed by atoms with Crippen LogP contribution in [-0.4, -0.2) is 44.3 Å². The number of nitrogens with zero attached hydrogens (tertiary/aromatic N) is 3. The van der Waals surface area contributed by atoms with E-state index in [0.717, 1.165) is 73.3 Å². The maximum atomic E-state index is 14.0. The minimum atomic E-state index is -0.610. The van der Waals surface area contributed by atoms with Crippen molar-refractivity contribution in [3.05, 3.63) is 41.6 Å². The number of aryl methyl sites for hydroxylation is 1. The summed E-state index contributed by atoms with van der Waals surface area (Å²) >= 11 is 1.53. The molecule has 2 aliphatic carbocycles. The first-order valence-corrected chi connectivity index (χ1v) is 14.0. The highest BCUT2D eigenvalue weighted by Gasteiger charge is 2.43. The number of rotatable bonds is 4. The molecule has 7 heteroatoms. The van der Waals surface area contributed by atoms with Crippen molar-refractivity contribution in [1.82, 2.24) is 20.0 Å². The summed E-state index contributed by atoms with van der Waals surface area (Å²) in [6.45, 7) is 1.99. The molecular formula is C27H36N4O2S. The van der Waals surface area contributed by atoms with Crippen LogP contribution in [0, 0.1) is 6.92 Å². The number of carbonyl (C=O) groups is 2. The highest BCUT2D eigenvalue weighted by Crippen LogP contribution is 2.41. The van der Waals surface area contributed by atoms with Gasteiger partial charge in [0, 0.05) is 17.6 Å². The van der Waals surface area contributed by atoms with E-state index >= 15 is 0 Å². The van der Waals surface area contributed by atoms with E-state index in [1.807, 2.05) is 46.8 Å². The second kappa shape index (κ2) is 10.5. The fraction of sp³-hybridized carbons (Fsp3) is 0.593. The molecule has 0 unspecified atom stereocenters. The summed E-state index contributed by atoms with van der Waals surface area (Å²) in [7, 11) is 0. The van der Waals surface area contributed by atoms with Crippen LogP contribution < -0.4 is 5.32 Å². The second-order valence-electron chi connectivity index (χ2n) is 10.0. The zero-order chi connectivity index (χ0) is 23.5. The molecule has 2 saturated carbocycles. The largest absolute Gasteiger partial charge is 0.351 e. The smallest absolute Gasteiger partial charge is 0.247 e. The molecule has 1 atom stereocenters. The molecule has 0 saturated heterocycles. The van der Waals surface area contributed by atoms with Crippen LogP contribution in [0.4, 0.5) is 0 Å². The third-order valence-corrected chi connectivity index (χ3v) is 8.71. The lowest BCUT2D eigenvalue weighted by atomic mass is 9.91. The maximum Gasteiger partial charge on any atom is 0.247 e. The fourth-order valence-corrected chi connectivity index (χ4v) is 7.03. The van der Waals surface area contributed by atoms with E-state index in [1.54, 1.807) is 0 Å². The number of hydrogen-bond acceptors (Lipinski definition) is 4. The molecule has 5 rings (SSSR count). The van der Waals surface area contributed by atoms with Gasteiger partial charge in [-0.25, -0.2) is 4.68 Å². The van der Waals surface area contributed by atoms with Gasteiger partial charge in [0.1, 0.15) is 11.1 Å². The van der Waals surface area contributed by atoms with Crippen LogP contribution in [0.1, 0.15) is 87.9 Å². The normalized spacial score (nSPS) is 22.7. The number of hydrogen-bond donors (Lipinski definition) is 1. The van der Waals surface area contributed by atoms with E-state index < -0.39 is 6.04 Å². The van der Waals surface area contributed by atoms with Gasteiger partial charge in [0.2, 0.25) is 11.8 Å². The molecule has 1 aliphatic heterocycles. The molecule has 6 nitrogen and oxygen atoms in total. The van der Waals surface area contributed by atoms with Crippen LogP contribution in [-0.2, 0) is 9.59 Å². The Morgan fingerprint density at radius 2 is 1.62 bits per heavy atom. The van der Waals surface area contributed by atoms with Crippen molar-refractivity contribution < 1.29 is 9.59 Å². The Hall–Kier alpha value is -2.28. The predicted octanol–water partition coefficient (Wildman–Crippen LogP) is 5.33. The topological polar surface area (TPSA) is 67.2 Å². The first-order valence-electron chi connectivity index (χ1n) is 13.0. The van der Waals surface area contributed by atoms with Crippen LogP contribution in [0.2, 0.25) is 0 Å². The van der Waals surface area contributed by atoms with Crippen molar-refractivity contribution >= 4 is 23.6 Å². The number of para-hydroxylation sites is 1. The SMILES string of the molecule is Cc1nn(-c2ccccc2)c2c1[C@H](C(=O)NC1CCCCCC1)N(C1CCCCC1)C(=O)CS2. The molecule has 0 bridgehead atoms. The maximum absolute atomic E-state index is 14.0. The predicted molar refractivity (Wildman–Crippen MR) is 135 cm³/mol. The standard InChI is InChI=1S/C27H36N4O2S/c1-19-24-25(26(33)28-20-12-6-2-3-7-13-20)30(21-14-8-4-9-15-21)23(32)18-34-27(24)31(29-19)22-16-10-5-11-17-22/h5,10-11,16-17,20-21,25H,2-4,6-9,12-15,18H2,1H3,(H,28,33)/t25-/m1/s1. The van der Waals surface area contributed by atoms with Crippen molar-refractivity contribution in [2.75, 3.05) is 5.75 Å². The molecule has 1 N–H and O–H groups in total. The summed E-state index contributed by atoms with van der Waals surface area (Å²) < 4.78 is 1.93. The van der Waals surface area contributed by atoms with Gasteiger partial charge in [-0.1, -0.05) is 74.9 Å². The van der Waals surface area contributed by atoms with Crippen molar-refractivity contribution in [1.29, 1.82) is 0 Å². The molecule has 1 aromatic carbocycles. The van der Waals surface area contributed by atoms with Gasteiger partial charge >= 0.3 is 0 Å². The highest BCUT2D eigenvalue weighted by molar-refractivity contribution is 8.00. The lowest BCUT2D eigenvalue weighted by Crippen LogP contribution is -2.51. The van der Waals surface area contributed by atoms with E-state index in [-0.39, 0.29) is 23.9 Å². The lowest BCUT2D eigenvalue weighted by Gasteiger charge is -2.39. The van der Waals surface area contributed by atoms with E-state index in [2.05, 4.69) is 5.32 Å². The monoisotopic (exact) mass is 480 g/mol. The van der Waals surface area contributed by atoms with Gasteiger partial charge in [0.05, 0.1) is 17.1 Å². The third-order valence-electron chi connectivity index (χ3n) is 7.65. The third kappa shape index (κ3) is 4.77. The summed E-state index contributed by atoms with van der Waals surface area (Å²) in [5.41, 5.74) is 2.71. The van der Waals surface area contributed by atoms with E-state index in [0.29, 0.717) is 5.75 Å². The molecule has 34 heavy (non-hydrogen) atoms. The fourth-order valence-electron chi connectivity index (χ4n) is 5.94. The van der Waals surface area contributed by atoms with Crippen LogP contribution >= 0.6 is 11.8 Å². The summed E-state index contributed by atoms with van der Waals surface area (Å²) in [6.07, 6.45) is 12.3. The quantitative estimate of drug-likeness (QED) is 0.601. The molecule has 182 valence electrons. The lowest BCUT2D eigenvalue weighted by molar-refractivity contribution is -0.142. The number of fused-ring (bicyclic) bond motifs is 1. The average Bonchev–Trinajstić information content (AvgIpc) is 3.01. The molecule has 0 spiro atoms. The van der Waals surface area contributed by atoms with Crippen molar-refractivity contribution in [3.8, 4) is 5.69 Å². The van der Waals surface area contributed by atoms with E-state index in [4.69, 9.17) is 5.10 Å².